The van der Waals surface area contributed by atoms with Crippen LogP contribution in [0, 0.1) is 0 Å². The fraction of sp³-hybridized carbons (Fsp3) is 0.263. The van der Waals surface area contributed by atoms with Crippen molar-refractivity contribution < 1.29 is 24.2 Å². The Hall–Kier alpha value is -3.10. The number of ether oxygens (including phenoxy) is 2. The summed E-state index contributed by atoms with van der Waals surface area (Å²) in [6.07, 6.45) is -0.763. The topological polar surface area (TPSA) is 137 Å². The van der Waals surface area contributed by atoms with Crippen LogP contribution in [0.3, 0.4) is 0 Å². The van der Waals surface area contributed by atoms with Crippen molar-refractivity contribution in [3.05, 3.63) is 59.7 Å². The van der Waals surface area contributed by atoms with Gasteiger partial charge in [-0.25, -0.2) is 0 Å². The molecule has 0 aliphatic carbocycles. The lowest BCUT2D eigenvalue weighted by Gasteiger charge is -2.15. The molecule has 0 aliphatic rings. The standard InChI is InChI=1S/C19H23N3O5/c20-18(24)13-5-7-15(8-6-13)26-10-9-22-11-14(23)12-27-17-4-2-1-3-16(17)19(21)25/h1-8,14,22-23H,9-12H2,(H2,20,24)(H2,21,25). The number of hydrogen-bond acceptors (Lipinski definition) is 6. The number of aliphatic hydroxyl groups excluding tert-OH is 1. The molecule has 0 spiro atoms. The van der Waals surface area contributed by atoms with Gasteiger partial charge in [0.25, 0.3) is 5.91 Å². The molecule has 6 N–H and O–H groups in total. The van der Waals surface area contributed by atoms with Crippen LogP contribution in [-0.4, -0.2) is 49.3 Å². The third-order valence-electron chi connectivity index (χ3n) is 3.65. The Morgan fingerprint density at radius 2 is 1.70 bits per heavy atom. The second kappa shape index (κ2) is 10.1. The number of amides is 2. The second-order valence-electron chi connectivity index (χ2n) is 5.77. The van der Waals surface area contributed by atoms with Crippen molar-refractivity contribution in [3.63, 3.8) is 0 Å². The van der Waals surface area contributed by atoms with E-state index in [0.29, 0.717) is 36.8 Å². The van der Waals surface area contributed by atoms with Crippen molar-refractivity contribution in [3.8, 4) is 11.5 Å². The van der Waals surface area contributed by atoms with Crippen LogP contribution in [-0.2, 0) is 0 Å². The van der Waals surface area contributed by atoms with Crippen molar-refractivity contribution in [1.29, 1.82) is 0 Å². The van der Waals surface area contributed by atoms with Crippen LogP contribution >= 0.6 is 0 Å². The number of hydrogen-bond donors (Lipinski definition) is 4. The number of benzene rings is 2. The number of nitrogens with one attached hydrogen (secondary N) is 1. The molecule has 2 amide bonds. The van der Waals surface area contributed by atoms with Gasteiger partial charge in [0, 0.05) is 18.7 Å². The first kappa shape index (κ1) is 20.2. The van der Waals surface area contributed by atoms with E-state index in [4.69, 9.17) is 20.9 Å². The molecule has 0 radical (unpaired) electrons. The molecular formula is C19H23N3O5. The maximum absolute atomic E-state index is 11.3. The van der Waals surface area contributed by atoms with E-state index in [-0.39, 0.29) is 12.2 Å². The zero-order valence-corrected chi connectivity index (χ0v) is 14.8. The Bertz CT molecular complexity index is 764. The van der Waals surface area contributed by atoms with Crippen LogP contribution in [0.15, 0.2) is 48.5 Å². The minimum Gasteiger partial charge on any atom is -0.492 e. The number of carbonyl (C=O) groups is 2. The van der Waals surface area contributed by atoms with Gasteiger partial charge in [0.1, 0.15) is 30.8 Å². The molecule has 0 aliphatic heterocycles. The lowest BCUT2D eigenvalue weighted by atomic mass is 10.2. The summed E-state index contributed by atoms with van der Waals surface area (Å²) in [7, 11) is 0. The van der Waals surface area contributed by atoms with Gasteiger partial charge in [0.15, 0.2) is 0 Å². The molecule has 0 saturated heterocycles. The Morgan fingerprint density at radius 3 is 2.37 bits per heavy atom. The molecule has 8 heteroatoms. The van der Waals surface area contributed by atoms with Crippen LogP contribution in [0.1, 0.15) is 20.7 Å². The van der Waals surface area contributed by atoms with Crippen molar-refractivity contribution >= 4 is 11.8 Å². The summed E-state index contributed by atoms with van der Waals surface area (Å²) in [5, 5.41) is 13.0. The predicted octanol–water partition coefficient (Wildman–Crippen LogP) is 0.293. The number of carbonyl (C=O) groups excluding carboxylic acids is 2. The van der Waals surface area contributed by atoms with E-state index in [0.717, 1.165) is 0 Å². The number of primary amides is 2. The first-order chi connectivity index (χ1) is 13.0. The third kappa shape index (κ3) is 6.61. The average molecular weight is 373 g/mol. The van der Waals surface area contributed by atoms with E-state index in [2.05, 4.69) is 5.32 Å². The maximum Gasteiger partial charge on any atom is 0.252 e. The zero-order chi connectivity index (χ0) is 19.6. The normalized spacial score (nSPS) is 11.6. The molecule has 2 rings (SSSR count). The summed E-state index contributed by atoms with van der Waals surface area (Å²) in [4.78, 5) is 22.3. The molecule has 0 fully saturated rings. The van der Waals surface area contributed by atoms with Crippen molar-refractivity contribution in [2.45, 2.75) is 6.10 Å². The van der Waals surface area contributed by atoms with Crippen LogP contribution in [0.25, 0.3) is 0 Å². The predicted molar refractivity (Wildman–Crippen MR) is 99.8 cm³/mol. The third-order valence-corrected chi connectivity index (χ3v) is 3.65. The molecule has 144 valence electrons. The molecule has 2 aromatic carbocycles. The van der Waals surface area contributed by atoms with Crippen LogP contribution in [0.2, 0.25) is 0 Å². The molecule has 27 heavy (non-hydrogen) atoms. The molecule has 0 aromatic heterocycles. The van der Waals surface area contributed by atoms with Gasteiger partial charge in [-0.2, -0.15) is 0 Å². The van der Waals surface area contributed by atoms with E-state index >= 15 is 0 Å². The van der Waals surface area contributed by atoms with Crippen LogP contribution in [0.5, 0.6) is 11.5 Å². The lowest BCUT2D eigenvalue weighted by Crippen LogP contribution is -2.33. The average Bonchev–Trinajstić information content (AvgIpc) is 2.66. The van der Waals surface area contributed by atoms with E-state index < -0.39 is 17.9 Å². The highest BCUT2D eigenvalue weighted by Crippen LogP contribution is 2.17. The number of aliphatic hydroxyl groups is 1. The first-order valence-electron chi connectivity index (χ1n) is 8.40. The lowest BCUT2D eigenvalue weighted by molar-refractivity contribution is 0.0960. The van der Waals surface area contributed by atoms with E-state index in [9.17, 15) is 14.7 Å². The molecular weight excluding hydrogens is 350 g/mol. The minimum absolute atomic E-state index is 0.0206. The smallest absolute Gasteiger partial charge is 0.252 e. The summed E-state index contributed by atoms with van der Waals surface area (Å²) in [6.45, 7) is 1.20. The molecule has 8 nitrogen and oxygen atoms in total. The van der Waals surface area contributed by atoms with Gasteiger partial charge >= 0.3 is 0 Å². The van der Waals surface area contributed by atoms with Gasteiger partial charge in [-0.15, -0.1) is 0 Å². The zero-order valence-electron chi connectivity index (χ0n) is 14.8. The summed E-state index contributed by atoms with van der Waals surface area (Å²) in [5.74, 6) is -0.113. The van der Waals surface area contributed by atoms with E-state index in [1.54, 1.807) is 48.5 Å². The summed E-state index contributed by atoms with van der Waals surface area (Å²) < 4.78 is 11.0. The monoisotopic (exact) mass is 373 g/mol. The molecule has 0 heterocycles. The largest absolute Gasteiger partial charge is 0.492 e. The highest BCUT2D eigenvalue weighted by molar-refractivity contribution is 5.95. The fourth-order valence-corrected chi connectivity index (χ4v) is 2.27. The Balaban J connectivity index is 1.64. The second-order valence-corrected chi connectivity index (χ2v) is 5.77. The fourth-order valence-electron chi connectivity index (χ4n) is 2.27. The highest BCUT2D eigenvalue weighted by atomic mass is 16.5. The highest BCUT2D eigenvalue weighted by Gasteiger charge is 2.11. The molecule has 2 aromatic rings. The van der Waals surface area contributed by atoms with Crippen molar-refractivity contribution in [2.24, 2.45) is 11.5 Å². The minimum atomic E-state index is -0.763. The van der Waals surface area contributed by atoms with Crippen LogP contribution < -0.4 is 26.3 Å². The van der Waals surface area contributed by atoms with Gasteiger partial charge < -0.3 is 31.4 Å². The molecule has 0 saturated carbocycles. The summed E-state index contributed by atoms with van der Waals surface area (Å²) in [6, 6.07) is 13.1. The van der Waals surface area contributed by atoms with Gasteiger partial charge in [-0.3, -0.25) is 9.59 Å². The van der Waals surface area contributed by atoms with Gasteiger partial charge in [-0.05, 0) is 36.4 Å². The van der Waals surface area contributed by atoms with Crippen LogP contribution in [0.4, 0.5) is 0 Å². The van der Waals surface area contributed by atoms with Gasteiger partial charge in [0.2, 0.25) is 5.91 Å². The number of rotatable bonds is 11. The van der Waals surface area contributed by atoms with Gasteiger partial charge in [0.05, 0.1) is 5.56 Å². The Kier molecular flexibility index (Phi) is 7.60. The SMILES string of the molecule is NC(=O)c1ccc(OCCNCC(O)COc2ccccc2C(N)=O)cc1. The number of nitrogens with two attached hydrogens (primary N) is 2. The molecule has 1 atom stereocenters. The van der Waals surface area contributed by atoms with E-state index in [1.807, 2.05) is 0 Å². The quantitative estimate of drug-likeness (QED) is 0.418. The Morgan fingerprint density at radius 1 is 1.00 bits per heavy atom. The summed E-state index contributed by atoms with van der Waals surface area (Å²) >= 11 is 0. The number of para-hydroxylation sites is 1. The van der Waals surface area contributed by atoms with E-state index in [1.165, 1.54) is 0 Å². The van der Waals surface area contributed by atoms with Crippen molar-refractivity contribution in [1.82, 2.24) is 5.32 Å². The summed E-state index contributed by atoms with van der Waals surface area (Å²) in [5.41, 5.74) is 11.1. The molecule has 0 bridgehead atoms. The first-order valence-corrected chi connectivity index (χ1v) is 8.40. The van der Waals surface area contributed by atoms with Gasteiger partial charge in [-0.1, -0.05) is 12.1 Å². The maximum atomic E-state index is 11.3. The Labute approximate surface area is 157 Å². The van der Waals surface area contributed by atoms with Crippen molar-refractivity contribution in [2.75, 3.05) is 26.3 Å². The molecule has 1 unspecified atom stereocenters.